The Morgan fingerprint density at radius 1 is 0.727 bits per heavy atom. The Bertz CT molecular complexity index is 1390. The monoisotopic (exact) mass is 493 g/mol. The molecule has 0 bridgehead atoms. The number of nitrogens with zero attached hydrogens (tertiary/aromatic N) is 2. The number of rotatable bonds is 5. The maximum absolute atomic E-state index is 13.2. The summed E-state index contributed by atoms with van der Waals surface area (Å²) in [6.45, 7) is 0. The Kier molecular flexibility index (Phi) is 5.87. The van der Waals surface area contributed by atoms with Crippen molar-refractivity contribution in [1.29, 1.82) is 0 Å². The summed E-state index contributed by atoms with van der Waals surface area (Å²) in [6.07, 6.45) is 1.62. The number of anilines is 1. The molecule has 0 spiro atoms. The minimum Gasteiger partial charge on any atom is -0.322 e. The van der Waals surface area contributed by atoms with Crippen molar-refractivity contribution < 1.29 is 4.79 Å². The third kappa shape index (κ3) is 4.49. The van der Waals surface area contributed by atoms with E-state index in [2.05, 4.69) is 50.6 Å². The summed E-state index contributed by atoms with van der Waals surface area (Å²) in [5, 5.41) is 7.56. The van der Waals surface area contributed by atoms with E-state index in [0.717, 1.165) is 38.2 Å². The second-order valence-corrected chi connectivity index (χ2v) is 8.48. The topological polar surface area (TPSA) is 46.9 Å². The Labute approximate surface area is 200 Å². The van der Waals surface area contributed by atoms with Gasteiger partial charge in [-0.2, -0.15) is 5.10 Å². The number of aromatic nitrogens is 2. The highest BCUT2D eigenvalue weighted by Gasteiger charge is 2.20. The summed E-state index contributed by atoms with van der Waals surface area (Å²) in [5.41, 5.74) is 6.01. The Balaban J connectivity index is 1.59. The summed E-state index contributed by atoms with van der Waals surface area (Å²) >= 11 is 3.54. The van der Waals surface area contributed by atoms with Crippen LogP contribution in [0, 0.1) is 0 Å². The fourth-order valence-corrected chi connectivity index (χ4v) is 4.15. The number of nitrogens with one attached hydrogen (secondary N) is 1. The number of benzene rings is 4. The van der Waals surface area contributed by atoms with E-state index in [1.807, 2.05) is 89.6 Å². The summed E-state index contributed by atoms with van der Waals surface area (Å²) in [7, 11) is 0. The van der Waals surface area contributed by atoms with E-state index in [0.29, 0.717) is 5.56 Å². The number of carbonyl (C=O) groups excluding carboxylic acids is 1. The van der Waals surface area contributed by atoms with Gasteiger partial charge in [-0.05, 0) is 41.5 Å². The second kappa shape index (κ2) is 9.27. The summed E-state index contributed by atoms with van der Waals surface area (Å²) < 4.78 is 2.75. The lowest BCUT2D eigenvalue weighted by molar-refractivity contribution is 0.102. The predicted molar refractivity (Wildman–Crippen MR) is 137 cm³/mol. The van der Waals surface area contributed by atoms with Crippen molar-refractivity contribution in [3.63, 3.8) is 0 Å². The van der Waals surface area contributed by atoms with E-state index >= 15 is 0 Å². The normalized spacial score (nSPS) is 10.7. The van der Waals surface area contributed by atoms with E-state index < -0.39 is 0 Å². The van der Waals surface area contributed by atoms with E-state index in [1.54, 1.807) is 6.20 Å². The van der Waals surface area contributed by atoms with Gasteiger partial charge >= 0.3 is 0 Å². The first-order valence-electron chi connectivity index (χ1n) is 10.6. The van der Waals surface area contributed by atoms with Gasteiger partial charge in [-0.15, -0.1) is 0 Å². The maximum Gasteiger partial charge on any atom is 0.259 e. The molecule has 0 atom stereocenters. The first-order chi connectivity index (χ1) is 16.2. The smallest absolute Gasteiger partial charge is 0.259 e. The van der Waals surface area contributed by atoms with Gasteiger partial charge in [-0.25, -0.2) is 4.68 Å². The number of hydrogen-bond donors (Lipinski definition) is 1. The molecule has 4 nitrogen and oxygen atoms in total. The molecule has 0 aliphatic carbocycles. The summed E-state index contributed by atoms with van der Waals surface area (Å²) in [6, 6.07) is 35.7. The van der Waals surface area contributed by atoms with Crippen LogP contribution in [0.2, 0.25) is 0 Å². The molecule has 1 amide bonds. The maximum atomic E-state index is 13.2. The lowest BCUT2D eigenvalue weighted by atomic mass is 10.0. The lowest BCUT2D eigenvalue weighted by Crippen LogP contribution is -2.13. The van der Waals surface area contributed by atoms with Crippen LogP contribution >= 0.6 is 15.9 Å². The van der Waals surface area contributed by atoms with Crippen molar-refractivity contribution in [3.8, 4) is 28.1 Å². The minimum atomic E-state index is -0.204. The number of amides is 1. The van der Waals surface area contributed by atoms with Gasteiger partial charge in [0.05, 0.1) is 23.1 Å². The molecule has 1 N–H and O–H groups in total. The predicted octanol–water partition coefficient (Wildman–Crippen LogP) is 7.22. The molecule has 5 aromatic rings. The molecule has 0 radical (unpaired) electrons. The number of carbonyl (C=O) groups is 1. The van der Waals surface area contributed by atoms with Gasteiger partial charge in [0.2, 0.25) is 0 Å². The van der Waals surface area contributed by atoms with Gasteiger partial charge in [-0.3, -0.25) is 4.79 Å². The van der Waals surface area contributed by atoms with Crippen molar-refractivity contribution in [1.82, 2.24) is 9.78 Å². The highest BCUT2D eigenvalue weighted by atomic mass is 79.9. The van der Waals surface area contributed by atoms with Crippen LogP contribution in [0.3, 0.4) is 0 Å². The Morgan fingerprint density at radius 3 is 2.06 bits per heavy atom. The highest BCUT2D eigenvalue weighted by Crippen LogP contribution is 2.30. The standard InChI is InChI=1S/C28H20BrN3O/c29-23-10-7-13-25(18-23)32-27(22-16-14-21(15-17-22)20-8-3-1-4-9-20)26(19-30-32)28(33)31-24-11-5-2-6-12-24/h1-19H,(H,31,33). The van der Waals surface area contributed by atoms with Gasteiger partial charge in [0, 0.05) is 15.7 Å². The second-order valence-electron chi connectivity index (χ2n) is 7.56. The van der Waals surface area contributed by atoms with E-state index in [4.69, 9.17) is 0 Å². The number of halogens is 1. The van der Waals surface area contributed by atoms with Gasteiger partial charge in [0.25, 0.3) is 5.91 Å². The molecule has 1 heterocycles. The van der Waals surface area contributed by atoms with Crippen LogP contribution < -0.4 is 5.32 Å². The summed E-state index contributed by atoms with van der Waals surface area (Å²) in [4.78, 5) is 13.2. The molecule has 1 aromatic heterocycles. The van der Waals surface area contributed by atoms with Crippen molar-refractivity contribution >= 4 is 27.5 Å². The van der Waals surface area contributed by atoms with Crippen molar-refractivity contribution in [2.24, 2.45) is 0 Å². The van der Waals surface area contributed by atoms with Crippen LogP contribution in [0.5, 0.6) is 0 Å². The van der Waals surface area contributed by atoms with Crippen molar-refractivity contribution in [2.75, 3.05) is 5.32 Å². The highest BCUT2D eigenvalue weighted by molar-refractivity contribution is 9.10. The van der Waals surface area contributed by atoms with E-state index in [1.165, 1.54) is 0 Å². The zero-order valence-electron chi connectivity index (χ0n) is 17.7. The molecule has 5 rings (SSSR count). The van der Waals surface area contributed by atoms with Gasteiger partial charge in [0.15, 0.2) is 0 Å². The number of hydrogen-bond acceptors (Lipinski definition) is 2. The molecular weight excluding hydrogens is 474 g/mol. The third-order valence-corrected chi connectivity index (χ3v) is 5.86. The van der Waals surface area contributed by atoms with Crippen molar-refractivity contribution in [3.05, 3.63) is 125 Å². The number of para-hydroxylation sites is 1. The minimum absolute atomic E-state index is 0.204. The van der Waals surface area contributed by atoms with Crippen LogP contribution in [0.25, 0.3) is 28.1 Å². The quantitative estimate of drug-likeness (QED) is 0.280. The first kappa shape index (κ1) is 20.9. The van der Waals surface area contributed by atoms with Crippen LogP contribution in [-0.2, 0) is 0 Å². The molecular formula is C28H20BrN3O. The van der Waals surface area contributed by atoms with E-state index in [9.17, 15) is 4.79 Å². The molecule has 0 fully saturated rings. The van der Waals surface area contributed by atoms with Gasteiger partial charge < -0.3 is 5.32 Å². The van der Waals surface area contributed by atoms with E-state index in [-0.39, 0.29) is 5.91 Å². The molecule has 5 heteroatoms. The van der Waals surface area contributed by atoms with Crippen LogP contribution in [-0.4, -0.2) is 15.7 Å². The SMILES string of the molecule is O=C(Nc1ccccc1)c1cnn(-c2cccc(Br)c2)c1-c1ccc(-c2ccccc2)cc1. The molecule has 0 aliphatic heterocycles. The zero-order valence-corrected chi connectivity index (χ0v) is 19.2. The molecule has 4 aromatic carbocycles. The third-order valence-electron chi connectivity index (χ3n) is 5.36. The fraction of sp³-hybridized carbons (Fsp3) is 0. The molecule has 0 unspecified atom stereocenters. The van der Waals surface area contributed by atoms with Crippen LogP contribution in [0.4, 0.5) is 5.69 Å². The molecule has 0 saturated carbocycles. The molecule has 33 heavy (non-hydrogen) atoms. The van der Waals surface area contributed by atoms with Crippen LogP contribution in [0.15, 0.2) is 120 Å². The summed E-state index contributed by atoms with van der Waals surface area (Å²) in [5.74, 6) is -0.204. The molecule has 0 aliphatic rings. The lowest BCUT2D eigenvalue weighted by Gasteiger charge is -2.12. The first-order valence-corrected chi connectivity index (χ1v) is 11.3. The fourth-order valence-electron chi connectivity index (χ4n) is 3.77. The van der Waals surface area contributed by atoms with Crippen molar-refractivity contribution in [2.45, 2.75) is 0 Å². The average Bonchev–Trinajstić information content (AvgIpc) is 3.31. The molecule has 0 saturated heterocycles. The van der Waals surface area contributed by atoms with Crippen LogP contribution in [0.1, 0.15) is 10.4 Å². The average molecular weight is 494 g/mol. The largest absolute Gasteiger partial charge is 0.322 e. The Hall–Kier alpha value is -3.96. The van der Waals surface area contributed by atoms with Gasteiger partial charge in [-0.1, -0.05) is 94.8 Å². The van der Waals surface area contributed by atoms with Gasteiger partial charge in [0.1, 0.15) is 0 Å². The molecule has 160 valence electrons. The zero-order chi connectivity index (χ0) is 22.6. The Morgan fingerprint density at radius 2 is 1.36 bits per heavy atom.